The van der Waals surface area contributed by atoms with Crippen LogP contribution in [-0.4, -0.2) is 79.6 Å². The molecule has 1 unspecified atom stereocenters. The molecule has 1 aromatic rings. The zero-order chi connectivity index (χ0) is 25.7. The fraction of sp³-hybridized carbons (Fsp3) is 0.680. The molecule has 0 aromatic heterocycles. The molecule has 1 aliphatic rings. The fourth-order valence-electron chi connectivity index (χ4n) is 3.78. The Labute approximate surface area is 205 Å². The molecule has 1 atom stereocenters. The monoisotopic (exact) mass is 500 g/mol. The molecule has 0 aliphatic heterocycles. The minimum absolute atomic E-state index is 0.00689. The van der Waals surface area contributed by atoms with E-state index >= 15 is 0 Å². The SMILES string of the molecule is CCOC(Cc1ccc(OCCN(CCOCC(F)(F)CC)C(=O)NC2CCCC2)cc1)C(=O)O. The normalized spacial score (nSPS) is 15.1. The van der Waals surface area contributed by atoms with E-state index in [0.717, 1.165) is 31.2 Å². The molecular formula is C25H38F2N2O6. The van der Waals surface area contributed by atoms with Crippen molar-refractivity contribution in [1.29, 1.82) is 0 Å². The molecular weight excluding hydrogens is 462 g/mol. The van der Waals surface area contributed by atoms with Gasteiger partial charge in [0.1, 0.15) is 19.0 Å². The molecule has 0 spiro atoms. The Balaban J connectivity index is 1.85. The molecule has 0 bridgehead atoms. The highest BCUT2D eigenvalue weighted by atomic mass is 19.3. The maximum atomic E-state index is 13.4. The maximum Gasteiger partial charge on any atom is 0.333 e. The summed E-state index contributed by atoms with van der Waals surface area (Å²) in [7, 11) is 0. The number of hydrogen-bond donors (Lipinski definition) is 2. The van der Waals surface area contributed by atoms with E-state index in [-0.39, 0.29) is 51.2 Å². The lowest BCUT2D eigenvalue weighted by Crippen LogP contribution is -2.47. The standard InChI is InChI=1S/C25H38F2N2O6/c1-3-25(26,27)18-33-15-13-29(24(32)28-20-7-5-6-8-20)14-16-35-21-11-9-19(10-12-21)17-22(23(30)31)34-4-2/h9-12,20,22H,3-8,13-18H2,1-2H3,(H,28,32)(H,30,31). The molecule has 8 nitrogen and oxygen atoms in total. The molecule has 1 aromatic carbocycles. The largest absolute Gasteiger partial charge is 0.492 e. The minimum Gasteiger partial charge on any atom is -0.492 e. The second-order valence-electron chi connectivity index (χ2n) is 8.66. The average molecular weight is 501 g/mol. The number of nitrogens with zero attached hydrogens (tertiary/aromatic N) is 1. The Morgan fingerprint density at radius 2 is 1.80 bits per heavy atom. The number of carboxylic acid groups (broad SMARTS) is 1. The van der Waals surface area contributed by atoms with Crippen molar-refractivity contribution in [2.45, 2.75) is 70.4 Å². The van der Waals surface area contributed by atoms with Crippen LogP contribution in [-0.2, 0) is 20.7 Å². The third-order valence-corrected chi connectivity index (χ3v) is 5.92. The smallest absolute Gasteiger partial charge is 0.333 e. The van der Waals surface area contributed by atoms with Gasteiger partial charge in [0.2, 0.25) is 0 Å². The molecule has 2 rings (SSSR count). The average Bonchev–Trinajstić information content (AvgIpc) is 3.34. The lowest BCUT2D eigenvalue weighted by Gasteiger charge is -2.25. The topological polar surface area (TPSA) is 97.3 Å². The van der Waals surface area contributed by atoms with Gasteiger partial charge in [-0.25, -0.2) is 18.4 Å². The summed E-state index contributed by atoms with van der Waals surface area (Å²) >= 11 is 0. The first-order valence-corrected chi connectivity index (χ1v) is 12.3. The first-order valence-electron chi connectivity index (χ1n) is 12.3. The molecule has 35 heavy (non-hydrogen) atoms. The van der Waals surface area contributed by atoms with Gasteiger partial charge in [-0.05, 0) is 37.5 Å². The number of alkyl halides is 2. The minimum atomic E-state index is -2.88. The summed E-state index contributed by atoms with van der Waals surface area (Å²) in [5.74, 6) is -3.31. The molecule has 1 saturated carbocycles. The van der Waals surface area contributed by atoms with Gasteiger partial charge in [-0.2, -0.15) is 0 Å². The zero-order valence-electron chi connectivity index (χ0n) is 20.6. The van der Waals surface area contributed by atoms with E-state index in [0.29, 0.717) is 12.4 Å². The van der Waals surface area contributed by atoms with Crippen molar-refractivity contribution in [2.24, 2.45) is 0 Å². The number of carboxylic acids is 1. The van der Waals surface area contributed by atoms with E-state index in [2.05, 4.69) is 5.32 Å². The number of aliphatic carboxylic acids is 1. The van der Waals surface area contributed by atoms with E-state index in [1.165, 1.54) is 11.8 Å². The Kier molecular flexibility index (Phi) is 12.2. The highest BCUT2D eigenvalue weighted by molar-refractivity contribution is 5.74. The summed E-state index contributed by atoms with van der Waals surface area (Å²) in [5.41, 5.74) is 0.803. The zero-order valence-corrected chi connectivity index (χ0v) is 20.6. The Morgan fingerprint density at radius 1 is 1.14 bits per heavy atom. The Morgan fingerprint density at radius 3 is 2.40 bits per heavy atom. The van der Waals surface area contributed by atoms with Crippen molar-refractivity contribution in [3.8, 4) is 5.75 Å². The first kappa shape index (κ1) is 28.8. The van der Waals surface area contributed by atoms with Gasteiger partial charge in [0.25, 0.3) is 5.92 Å². The maximum absolute atomic E-state index is 13.4. The molecule has 10 heteroatoms. The van der Waals surface area contributed by atoms with E-state index in [4.69, 9.17) is 14.2 Å². The summed E-state index contributed by atoms with van der Waals surface area (Å²) in [4.78, 5) is 25.5. The molecule has 198 valence electrons. The molecule has 1 aliphatic carbocycles. The number of carbonyl (C=O) groups is 2. The quantitative estimate of drug-likeness (QED) is 0.332. The lowest BCUT2D eigenvalue weighted by molar-refractivity contribution is -0.149. The predicted octanol–water partition coefficient (Wildman–Crippen LogP) is 4.11. The fourth-order valence-corrected chi connectivity index (χ4v) is 3.78. The van der Waals surface area contributed by atoms with Crippen molar-refractivity contribution >= 4 is 12.0 Å². The van der Waals surface area contributed by atoms with Crippen molar-refractivity contribution in [2.75, 3.05) is 39.5 Å². The van der Waals surface area contributed by atoms with Crippen LogP contribution in [0.15, 0.2) is 24.3 Å². The third kappa shape index (κ3) is 10.8. The van der Waals surface area contributed by atoms with Gasteiger partial charge >= 0.3 is 12.0 Å². The number of amides is 2. The van der Waals surface area contributed by atoms with E-state index in [9.17, 15) is 23.5 Å². The summed E-state index contributed by atoms with van der Waals surface area (Å²) in [6, 6.07) is 6.90. The van der Waals surface area contributed by atoms with Crippen LogP contribution in [0.1, 0.15) is 51.5 Å². The van der Waals surface area contributed by atoms with Gasteiger partial charge < -0.3 is 29.5 Å². The molecule has 0 heterocycles. The van der Waals surface area contributed by atoms with Gasteiger partial charge in [-0.1, -0.05) is 31.9 Å². The number of ether oxygens (including phenoxy) is 3. The van der Waals surface area contributed by atoms with Gasteiger partial charge in [0, 0.05) is 32.0 Å². The van der Waals surface area contributed by atoms with Crippen molar-refractivity contribution < 1.29 is 37.7 Å². The van der Waals surface area contributed by atoms with Gasteiger partial charge in [0.05, 0.1) is 13.2 Å². The number of hydrogen-bond acceptors (Lipinski definition) is 5. The van der Waals surface area contributed by atoms with Crippen LogP contribution in [0.2, 0.25) is 0 Å². The molecule has 0 saturated heterocycles. The van der Waals surface area contributed by atoms with Crippen LogP contribution in [0, 0.1) is 0 Å². The van der Waals surface area contributed by atoms with E-state index in [1.54, 1.807) is 31.2 Å². The number of nitrogens with one attached hydrogen (secondary N) is 1. The Bertz CT molecular complexity index is 772. The highest BCUT2D eigenvalue weighted by Gasteiger charge is 2.27. The van der Waals surface area contributed by atoms with Gasteiger partial charge in [-0.3, -0.25) is 0 Å². The van der Waals surface area contributed by atoms with Crippen molar-refractivity contribution in [3.63, 3.8) is 0 Å². The van der Waals surface area contributed by atoms with Crippen LogP contribution in [0.25, 0.3) is 0 Å². The number of halogens is 2. The van der Waals surface area contributed by atoms with Crippen LogP contribution < -0.4 is 10.1 Å². The number of carbonyl (C=O) groups excluding carboxylic acids is 1. The van der Waals surface area contributed by atoms with Crippen molar-refractivity contribution in [3.05, 3.63) is 29.8 Å². The molecule has 2 amide bonds. The molecule has 0 radical (unpaired) electrons. The van der Waals surface area contributed by atoms with E-state index in [1.807, 2.05) is 0 Å². The van der Waals surface area contributed by atoms with E-state index < -0.39 is 24.6 Å². The van der Waals surface area contributed by atoms with Crippen LogP contribution in [0.3, 0.4) is 0 Å². The highest BCUT2D eigenvalue weighted by Crippen LogP contribution is 2.19. The van der Waals surface area contributed by atoms with Crippen LogP contribution >= 0.6 is 0 Å². The van der Waals surface area contributed by atoms with Gasteiger partial charge in [-0.15, -0.1) is 0 Å². The number of urea groups is 1. The summed E-state index contributed by atoms with van der Waals surface area (Å²) in [5, 5.41) is 12.2. The number of rotatable bonds is 16. The molecule has 1 fully saturated rings. The third-order valence-electron chi connectivity index (χ3n) is 5.92. The van der Waals surface area contributed by atoms with Crippen LogP contribution in [0.5, 0.6) is 5.75 Å². The summed E-state index contributed by atoms with van der Waals surface area (Å²) in [6.07, 6.45) is 3.08. The number of benzene rings is 1. The first-order chi connectivity index (χ1) is 16.7. The second kappa shape index (κ2) is 14.8. The summed E-state index contributed by atoms with van der Waals surface area (Å²) < 4.78 is 42.9. The molecule has 2 N–H and O–H groups in total. The Hall–Kier alpha value is -2.46. The predicted molar refractivity (Wildman–Crippen MR) is 127 cm³/mol. The van der Waals surface area contributed by atoms with Gasteiger partial charge in [0.15, 0.2) is 6.10 Å². The van der Waals surface area contributed by atoms with Crippen molar-refractivity contribution in [1.82, 2.24) is 10.2 Å². The van der Waals surface area contributed by atoms with Crippen LogP contribution in [0.4, 0.5) is 13.6 Å². The lowest BCUT2D eigenvalue weighted by atomic mass is 10.1. The second-order valence-corrected chi connectivity index (χ2v) is 8.66. The summed E-state index contributed by atoms with van der Waals surface area (Å²) in [6.45, 7) is 3.44.